The Labute approximate surface area is 142 Å². The zero-order chi connectivity index (χ0) is 17.3. The van der Waals surface area contributed by atoms with Crippen LogP contribution in [0.15, 0.2) is 24.3 Å². The highest BCUT2D eigenvalue weighted by Crippen LogP contribution is 2.42. The molecular weight excluding hydrogens is 306 g/mol. The van der Waals surface area contributed by atoms with Gasteiger partial charge in [0.15, 0.2) is 0 Å². The number of carboxylic acid groups (broad SMARTS) is 1. The molecule has 1 aromatic carbocycles. The maximum absolute atomic E-state index is 12.9. The van der Waals surface area contributed by atoms with Gasteiger partial charge < -0.3 is 14.7 Å². The molecule has 24 heavy (non-hydrogen) atoms. The minimum absolute atomic E-state index is 0.104. The third kappa shape index (κ3) is 3.25. The number of carboxylic acids is 1. The second-order valence-corrected chi connectivity index (χ2v) is 7.33. The molecule has 1 amide bonds. The largest absolute Gasteiger partial charge is 0.493 e. The van der Waals surface area contributed by atoms with Crippen LogP contribution in [0, 0.1) is 17.8 Å². The van der Waals surface area contributed by atoms with Crippen LogP contribution >= 0.6 is 0 Å². The topological polar surface area (TPSA) is 66.8 Å². The van der Waals surface area contributed by atoms with Gasteiger partial charge in [-0.1, -0.05) is 26.3 Å². The Balaban J connectivity index is 1.78. The first-order chi connectivity index (χ1) is 11.5. The van der Waals surface area contributed by atoms with Crippen LogP contribution in [0.2, 0.25) is 0 Å². The van der Waals surface area contributed by atoms with E-state index in [0.29, 0.717) is 36.3 Å². The molecule has 3 atom stereocenters. The number of likely N-dealkylation sites (tertiary alicyclic amines) is 1. The van der Waals surface area contributed by atoms with E-state index in [0.717, 1.165) is 19.3 Å². The minimum Gasteiger partial charge on any atom is -0.493 e. The molecular formula is C19H25NO4. The van der Waals surface area contributed by atoms with Crippen LogP contribution in [-0.4, -0.2) is 41.1 Å². The van der Waals surface area contributed by atoms with E-state index < -0.39 is 12.0 Å². The van der Waals surface area contributed by atoms with Crippen molar-refractivity contribution in [2.45, 2.75) is 39.2 Å². The Morgan fingerprint density at radius 3 is 2.83 bits per heavy atom. The summed E-state index contributed by atoms with van der Waals surface area (Å²) >= 11 is 0. The van der Waals surface area contributed by atoms with Gasteiger partial charge in [0.05, 0.1) is 6.61 Å². The highest BCUT2D eigenvalue weighted by molar-refractivity contribution is 5.97. The number of benzene rings is 1. The Kier molecular flexibility index (Phi) is 4.78. The van der Waals surface area contributed by atoms with E-state index in [4.69, 9.17) is 4.74 Å². The van der Waals surface area contributed by atoms with E-state index in [1.807, 2.05) is 6.07 Å². The second-order valence-electron chi connectivity index (χ2n) is 7.33. The summed E-state index contributed by atoms with van der Waals surface area (Å²) in [6.07, 6.45) is 3.00. The third-order valence-electron chi connectivity index (χ3n) is 5.07. The van der Waals surface area contributed by atoms with Crippen molar-refractivity contribution in [1.29, 1.82) is 0 Å². The van der Waals surface area contributed by atoms with Gasteiger partial charge in [-0.2, -0.15) is 0 Å². The minimum atomic E-state index is -0.884. The lowest BCUT2D eigenvalue weighted by atomic mass is 9.94. The first-order valence-electron chi connectivity index (χ1n) is 8.74. The number of aliphatic carboxylic acids is 1. The predicted molar refractivity (Wildman–Crippen MR) is 90.1 cm³/mol. The van der Waals surface area contributed by atoms with Gasteiger partial charge in [0, 0.05) is 12.1 Å². The molecule has 5 heteroatoms. The summed E-state index contributed by atoms with van der Waals surface area (Å²) in [6.45, 7) is 5.27. The molecule has 0 bridgehead atoms. The van der Waals surface area contributed by atoms with E-state index in [1.54, 1.807) is 23.1 Å². The van der Waals surface area contributed by atoms with Crippen LogP contribution in [0.25, 0.3) is 0 Å². The van der Waals surface area contributed by atoms with Gasteiger partial charge in [-0.3, -0.25) is 4.79 Å². The number of fused-ring (bicyclic) bond motifs is 1. The van der Waals surface area contributed by atoms with Crippen molar-refractivity contribution < 1.29 is 19.4 Å². The first kappa shape index (κ1) is 16.8. The van der Waals surface area contributed by atoms with Gasteiger partial charge >= 0.3 is 5.97 Å². The molecule has 0 spiro atoms. The lowest BCUT2D eigenvalue weighted by Gasteiger charge is -2.24. The SMILES string of the molecule is CC(C)COc1cccc(C(=O)N2CC3CCCC3C2C(=O)O)c1. The fraction of sp³-hybridized carbons (Fsp3) is 0.579. The summed E-state index contributed by atoms with van der Waals surface area (Å²) in [5.41, 5.74) is 0.502. The fourth-order valence-corrected chi connectivity index (χ4v) is 3.98. The number of amides is 1. The second kappa shape index (κ2) is 6.83. The number of hydrogen-bond donors (Lipinski definition) is 1. The van der Waals surface area contributed by atoms with Crippen molar-refractivity contribution >= 4 is 11.9 Å². The zero-order valence-electron chi connectivity index (χ0n) is 14.3. The predicted octanol–water partition coefficient (Wildman–Crippen LogP) is 3.05. The molecule has 1 aliphatic heterocycles. The van der Waals surface area contributed by atoms with Crippen LogP contribution in [0.3, 0.4) is 0 Å². The van der Waals surface area contributed by atoms with E-state index in [2.05, 4.69) is 13.8 Å². The average Bonchev–Trinajstić information content (AvgIpc) is 3.12. The van der Waals surface area contributed by atoms with Gasteiger partial charge in [-0.05, 0) is 48.8 Å². The van der Waals surface area contributed by atoms with Crippen molar-refractivity contribution in [1.82, 2.24) is 4.90 Å². The Morgan fingerprint density at radius 1 is 1.33 bits per heavy atom. The highest BCUT2D eigenvalue weighted by Gasteiger charge is 2.49. The maximum Gasteiger partial charge on any atom is 0.326 e. The van der Waals surface area contributed by atoms with E-state index in [1.165, 1.54) is 0 Å². The van der Waals surface area contributed by atoms with Gasteiger partial charge in [-0.15, -0.1) is 0 Å². The van der Waals surface area contributed by atoms with Gasteiger partial charge in [-0.25, -0.2) is 4.79 Å². The molecule has 3 rings (SSSR count). The van der Waals surface area contributed by atoms with Crippen LogP contribution in [0.5, 0.6) is 5.75 Å². The fourth-order valence-electron chi connectivity index (χ4n) is 3.98. The molecule has 1 saturated carbocycles. The molecule has 1 aliphatic carbocycles. The molecule has 2 fully saturated rings. The summed E-state index contributed by atoms with van der Waals surface area (Å²) in [4.78, 5) is 26.2. The molecule has 0 radical (unpaired) electrons. The molecule has 3 unspecified atom stereocenters. The molecule has 2 aliphatic rings. The monoisotopic (exact) mass is 331 g/mol. The lowest BCUT2D eigenvalue weighted by molar-refractivity contribution is -0.142. The standard InChI is InChI=1S/C19H25NO4/c1-12(2)11-24-15-7-3-5-13(9-15)18(21)20-10-14-6-4-8-16(14)17(20)19(22)23/h3,5,7,9,12,14,16-17H,4,6,8,10-11H2,1-2H3,(H,22,23). The molecule has 0 aromatic heterocycles. The molecule has 1 heterocycles. The summed E-state index contributed by atoms with van der Waals surface area (Å²) in [5.74, 6) is 0.401. The average molecular weight is 331 g/mol. The maximum atomic E-state index is 12.9. The number of carbonyl (C=O) groups is 2. The number of ether oxygens (including phenoxy) is 1. The summed E-state index contributed by atoms with van der Waals surface area (Å²) < 4.78 is 5.68. The molecule has 1 aromatic rings. The van der Waals surface area contributed by atoms with Gasteiger partial charge in [0.25, 0.3) is 5.91 Å². The molecule has 1 saturated heterocycles. The van der Waals surface area contributed by atoms with Crippen molar-refractivity contribution in [2.24, 2.45) is 17.8 Å². The molecule has 5 nitrogen and oxygen atoms in total. The number of carbonyl (C=O) groups excluding carboxylic acids is 1. The van der Waals surface area contributed by atoms with Crippen LogP contribution in [0.4, 0.5) is 0 Å². The van der Waals surface area contributed by atoms with Crippen molar-refractivity contribution in [3.8, 4) is 5.75 Å². The Hall–Kier alpha value is -2.04. The summed E-state index contributed by atoms with van der Waals surface area (Å²) in [5, 5.41) is 9.61. The van der Waals surface area contributed by atoms with Crippen LogP contribution in [-0.2, 0) is 4.79 Å². The van der Waals surface area contributed by atoms with Gasteiger partial charge in [0.1, 0.15) is 11.8 Å². The number of rotatable bonds is 5. The Morgan fingerprint density at radius 2 is 2.12 bits per heavy atom. The summed E-state index contributed by atoms with van der Waals surface area (Å²) in [7, 11) is 0. The highest BCUT2D eigenvalue weighted by atomic mass is 16.5. The van der Waals surface area contributed by atoms with Crippen LogP contribution < -0.4 is 4.74 Å². The smallest absolute Gasteiger partial charge is 0.326 e. The number of hydrogen-bond acceptors (Lipinski definition) is 3. The summed E-state index contributed by atoms with van der Waals surface area (Å²) in [6, 6.07) is 6.38. The lowest BCUT2D eigenvalue weighted by Crippen LogP contribution is -2.43. The quantitative estimate of drug-likeness (QED) is 0.900. The molecule has 130 valence electrons. The first-order valence-corrected chi connectivity index (χ1v) is 8.74. The Bertz CT molecular complexity index is 628. The van der Waals surface area contributed by atoms with Crippen LogP contribution in [0.1, 0.15) is 43.5 Å². The van der Waals surface area contributed by atoms with E-state index in [-0.39, 0.29) is 11.8 Å². The normalized spacial score (nSPS) is 25.8. The van der Waals surface area contributed by atoms with Crippen molar-refractivity contribution in [2.75, 3.05) is 13.2 Å². The molecule has 1 N–H and O–H groups in total. The zero-order valence-corrected chi connectivity index (χ0v) is 14.3. The van der Waals surface area contributed by atoms with E-state index in [9.17, 15) is 14.7 Å². The van der Waals surface area contributed by atoms with Crippen molar-refractivity contribution in [3.05, 3.63) is 29.8 Å². The third-order valence-corrected chi connectivity index (χ3v) is 5.07. The van der Waals surface area contributed by atoms with Crippen molar-refractivity contribution in [3.63, 3.8) is 0 Å². The van der Waals surface area contributed by atoms with Gasteiger partial charge in [0.2, 0.25) is 0 Å². The number of nitrogens with zero attached hydrogens (tertiary/aromatic N) is 1. The van der Waals surface area contributed by atoms with E-state index >= 15 is 0 Å².